The molecule has 26 heavy (non-hydrogen) atoms. The molecule has 2 atom stereocenters. The summed E-state index contributed by atoms with van der Waals surface area (Å²) in [6.45, 7) is 8.70. The average molecular weight is 368 g/mol. The lowest BCUT2D eigenvalue weighted by Crippen LogP contribution is -2.26. The Morgan fingerprint density at radius 3 is 2.85 bits per heavy atom. The summed E-state index contributed by atoms with van der Waals surface area (Å²) in [6.07, 6.45) is 6.42. The largest absolute Gasteiger partial charge is 0.316 e. The number of nitrogens with one attached hydrogen (secondary N) is 1. The van der Waals surface area contributed by atoms with Gasteiger partial charge in [-0.05, 0) is 54.7 Å². The molecule has 2 aromatic heterocycles. The maximum atomic E-state index is 12.7. The first-order valence-corrected chi connectivity index (χ1v) is 9.88. The van der Waals surface area contributed by atoms with Crippen LogP contribution in [0.15, 0.2) is 24.5 Å². The summed E-state index contributed by atoms with van der Waals surface area (Å²) in [5, 5.41) is 13.4. The fourth-order valence-corrected chi connectivity index (χ4v) is 4.82. The van der Waals surface area contributed by atoms with Crippen molar-refractivity contribution < 1.29 is 4.79 Å². The number of carbonyl (C=O) groups is 1. The second-order valence-corrected chi connectivity index (χ2v) is 9.23. The number of amides is 1. The van der Waals surface area contributed by atoms with Crippen LogP contribution in [0.3, 0.4) is 0 Å². The van der Waals surface area contributed by atoms with E-state index in [2.05, 4.69) is 37.1 Å². The maximum Gasteiger partial charge on any atom is 0.232 e. The van der Waals surface area contributed by atoms with Crippen molar-refractivity contribution in [3.8, 4) is 6.07 Å². The number of thiophene rings is 1. The molecule has 1 N–H and O–H groups in total. The highest BCUT2D eigenvalue weighted by atomic mass is 32.1. The standard InChI is InChI=1S/C21H25N3OS/c1-13(14-6-5-9-23-12-14)19(25)24-20-17(11-22)16-8-7-15(21(2,3)4)10-18(16)26-20/h5-6,9,12-13,15H,7-8,10H2,1-4H3,(H,24,25). The molecule has 2 heterocycles. The third-order valence-corrected chi connectivity index (χ3v) is 6.59. The van der Waals surface area contributed by atoms with Crippen LogP contribution in [-0.4, -0.2) is 10.9 Å². The molecule has 2 unspecified atom stereocenters. The molecule has 0 aliphatic heterocycles. The van der Waals surface area contributed by atoms with Crippen molar-refractivity contribution in [3.63, 3.8) is 0 Å². The number of nitriles is 1. The number of rotatable bonds is 3. The number of nitrogens with zero attached hydrogens (tertiary/aromatic N) is 2. The average Bonchev–Trinajstić information content (AvgIpc) is 2.97. The Morgan fingerprint density at radius 1 is 1.46 bits per heavy atom. The van der Waals surface area contributed by atoms with Gasteiger partial charge in [0.15, 0.2) is 0 Å². The number of hydrogen-bond acceptors (Lipinski definition) is 4. The van der Waals surface area contributed by atoms with Crippen molar-refractivity contribution in [2.45, 2.75) is 52.9 Å². The lowest BCUT2D eigenvalue weighted by molar-refractivity contribution is -0.117. The van der Waals surface area contributed by atoms with E-state index in [9.17, 15) is 10.1 Å². The van der Waals surface area contributed by atoms with Gasteiger partial charge in [0.2, 0.25) is 5.91 Å². The van der Waals surface area contributed by atoms with Crippen molar-refractivity contribution in [2.24, 2.45) is 11.3 Å². The summed E-state index contributed by atoms with van der Waals surface area (Å²) < 4.78 is 0. The first-order valence-electron chi connectivity index (χ1n) is 9.06. The Hall–Kier alpha value is -2.19. The molecule has 0 saturated heterocycles. The molecule has 136 valence electrons. The van der Waals surface area contributed by atoms with Crippen LogP contribution in [0.4, 0.5) is 5.00 Å². The molecule has 5 heteroatoms. The van der Waals surface area contributed by atoms with E-state index in [4.69, 9.17) is 0 Å². The highest BCUT2D eigenvalue weighted by Crippen LogP contribution is 2.44. The second-order valence-electron chi connectivity index (χ2n) is 8.12. The van der Waals surface area contributed by atoms with Gasteiger partial charge in [0.25, 0.3) is 0 Å². The summed E-state index contributed by atoms with van der Waals surface area (Å²) in [5.74, 6) is 0.204. The van der Waals surface area contributed by atoms with Crippen LogP contribution < -0.4 is 5.32 Å². The van der Waals surface area contributed by atoms with Crippen molar-refractivity contribution in [1.82, 2.24) is 4.98 Å². The second kappa shape index (κ2) is 7.20. The van der Waals surface area contributed by atoms with Gasteiger partial charge in [0.05, 0.1) is 11.5 Å². The van der Waals surface area contributed by atoms with E-state index in [1.807, 2.05) is 19.1 Å². The van der Waals surface area contributed by atoms with E-state index in [1.54, 1.807) is 23.7 Å². The summed E-state index contributed by atoms with van der Waals surface area (Å²) in [4.78, 5) is 18.0. The van der Waals surface area contributed by atoms with Gasteiger partial charge in [-0.15, -0.1) is 11.3 Å². The Balaban J connectivity index is 1.83. The van der Waals surface area contributed by atoms with Gasteiger partial charge in [0.1, 0.15) is 11.1 Å². The SMILES string of the molecule is CC(C(=O)Nc1sc2c(c1C#N)CCC(C(C)(C)C)C2)c1cccnc1. The van der Waals surface area contributed by atoms with Gasteiger partial charge in [0, 0.05) is 17.3 Å². The maximum absolute atomic E-state index is 12.7. The number of carbonyl (C=O) groups excluding carboxylic acids is 1. The minimum absolute atomic E-state index is 0.0968. The van der Waals surface area contributed by atoms with Gasteiger partial charge in [-0.3, -0.25) is 9.78 Å². The van der Waals surface area contributed by atoms with Crippen LogP contribution in [-0.2, 0) is 17.6 Å². The summed E-state index contributed by atoms with van der Waals surface area (Å²) in [5.41, 5.74) is 2.93. The fourth-order valence-electron chi connectivity index (χ4n) is 3.54. The van der Waals surface area contributed by atoms with E-state index in [0.29, 0.717) is 16.5 Å². The van der Waals surface area contributed by atoms with E-state index >= 15 is 0 Å². The molecule has 2 aromatic rings. The lowest BCUT2D eigenvalue weighted by atomic mass is 9.72. The zero-order valence-electron chi connectivity index (χ0n) is 15.8. The topological polar surface area (TPSA) is 65.8 Å². The van der Waals surface area contributed by atoms with E-state index in [1.165, 1.54) is 4.88 Å². The lowest BCUT2D eigenvalue weighted by Gasteiger charge is -2.33. The molecule has 1 aliphatic rings. The predicted octanol–water partition coefficient (Wildman–Crippen LogP) is 4.91. The summed E-state index contributed by atoms with van der Waals surface area (Å²) in [7, 11) is 0. The number of anilines is 1. The molecule has 0 fully saturated rings. The zero-order valence-corrected chi connectivity index (χ0v) is 16.6. The fraction of sp³-hybridized carbons (Fsp3) is 0.476. The molecule has 0 saturated carbocycles. The number of pyridine rings is 1. The Kier molecular flexibility index (Phi) is 5.15. The normalized spacial score (nSPS) is 17.9. The van der Waals surface area contributed by atoms with Crippen LogP contribution in [0, 0.1) is 22.7 Å². The highest BCUT2D eigenvalue weighted by molar-refractivity contribution is 7.16. The van der Waals surface area contributed by atoms with Gasteiger partial charge >= 0.3 is 0 Å². The van der Waals surface area contributed by atoms with Crippen molar-refractivity contribution >= 4 is 22.2 Å². The van der Waals surface area contributed by atoms with Crippen LogP contribution in [0.2, 0.25) is 0 Å². The van der Waals surface area contributed by atoms with Crippen LogP contribution in [0.1, 0.15) is 61.6 Å². The van der Waals surface area contributed by atoms with E-state index in [0.717, 1.165) is 30.4 Å². The van der Waals surface area contributed by atoms with Crippen molar-refractivity contribution in [2.75, 3.05) is 5.32 Å². The van der Waals surface area contributed by atoms with Crippen molar-refractivity contribution in [1.29, 1.82) is 5.26 Å². The minimum Gasteiger partial charge on any atom is -0.316 e. The van der Waals surface area contributed by atoms with Gasteiger partial charge in [-0.1, -0.05) is 26.8 Å². The quantitative estimate of drug-likeness (QED) is 0.838. The monoisotopic (exact) mass is 367 g/mol. The van der Waals surface area contributed by atoms with Gasteiger partial charge in [-0.25, -0.2) is 0 Å². The van der Waals surface area contributed by atoms with Crippen molar-refractivity contribution in [3.05, 3.63) is 46.1 Å². The molecule has 3 rings (SSSR count). The van der Waals surface area contributed by atoms with Crippen LogP contribution in [0.25, 0.3) is 0 Å². The third-order valence-electron chi connectivity index (χ3n) is 5.42. The molecule has 4 nitrogen and oxygen atoms in total. The molecule has 1 aliphatic carbocycles. The Bertz CT molecular complexity index is 843. The van der Waals surface area contributed by atoms with E-state index < -0.39 is 0 Å². The van der Waals surface area contributed by atoms with E-state index in [-0.39, 0.29) is 17.2 Å². The molecule has 1 amide bonds. The van der Waals surface area contributed by atoms with Gasteiger partial charge < -0.3 is 5.32 Å². The number of hydrogen-bond donors (Lipinski definition) is 1. The summed E-state index contributed by atoms with van der Waals surface area (Å²) in [6, 6.07) is 6.05. The molecule has 0 bridgehead atoms. The highest BCUT2D eigenvalue weighted by Gasteiger charge is 2.32. The molecule has 0 aromatic carbocycles. The van der Waals surface area contributed by atoms with Gasteiger partial charge in [-0.2, -0.15) is 5.26 Å². The third kappa shape index (κ3) is 3.66. The van der Waals surface area contributed by atoms with Crippen LogP contribution in [0.5, 0.6) is 0 Å². The molecular formula is C21H25N3OS. The Labute approximate surface area is 159 Å². The van der Waals surface area contributed by atoms with Crippen LogP contribution >= 0.6 is 11.3 Å². The summed E-state index contributed by atoms with van der Waals surface area (Å²) >= 11 is 1.58. The minimum atomic E-state index is -0.309. The zero-order chi connectivity index (χ0) is 18.9. The smallest absolute Gasteiger partial charge is 0.232 e. The first kappa shape index (κ1) is 18.6. The number of aromatic nitrogens is 1. The molecule has 0 radical (unpaired) electrons. The number of fused-ring (bicyclic) bond motifs is 1. The molecule has 0 spiro atoms. The Morgan fingerprint density at radius 2 is 2.23 bits per heavy atom. The first-order chi connectivity index (χ1) is 12.3. The molecular weight excluding hydrogens is 342 g/mol. The predicted molar refractivity (Wildman–Crippen MR) is 105 cm³/mol.